The second kappa shape index (κ2) is 6.06. The summed E-state index contributed by atoms with van der Waals surface area (Å²) < 4.78 is 5.40. The van der Waals surface area contributed by atoms with E-state index in [2.05, 4.69) is 46.6 Å². The van der Waals surface area contributed by atoms with Crippen LogP contribution in [0.4, 0.5) is 4.79 Å². The maximum atomic E-state index is 12.0. The number of rotatable bonds is 3. The van der Waals surface area contributed by atoms with Crippen molar-refractivity contribution in [2.24, 2.45) is 0 Å². The minimum Gasteiger partial charge on any atom is -0.447 e. The Morgan fingerprint density at radius 2 is 2.30 bits per heavy atom. The molecule has 1 aliphatic carbocycles. The molecule has 0 bridgehead atoms. The largest absolute Gasteiger partial charge is 0.447 e. The smallest absolute Gasteiger partial charge is 0.315 e. The van der Waals surface area contributed by atoms with Gasteiger partial charge in [0, 0.05) is 23.6 Å². The van der Waals surface area contributed by atoms with Gasteiger partial charge in [0.2, 0.25) is 5.89 Å². The number of urea groups is 1. The highest BCUT2D eigenvalue weighted by molar-refractivity contribution is 5.74. The third-order valence-corrected chi connectivity index (χ3v) is 4.08. The van der Waals surface area contributed by atoms with E-state index < -0.39 is 0 Å². The molecular formula is C16H23N5O2. The number of aromatic amines is 1. The Hall–Kier alpha value is -2.31. The van der Waals surface area contributed by atoms with Gasteiger partial charge in [0.05, 0.1) is 18.4 Å². The third kappa shape index (κ3) is 3.72. The summed E-state index contributed by atoms with van der Waals surface area (Å²) in [5.41, 5.74) is 3.18. The number of hydrogen-bond donors (Lipinski definition) is 3. The zero-order chi connectivity index (χ0) is 16.4. The van der Waals surface area contributed by atoms with Crippen molar-refractivity contribution in [2.45, 2.75) is 58.0 Å². The van der Waals surface area contributed by atoms with Crippen molar-refractivity contribution in [1.29, 1.82) is 0 Å². The van der Waals surface area contributed by atoms with Crippen LogP contribution in [0.3, 0.4) is 0 Å². The molecule has 7 heteroatoms. The fourth-order valence-corrected chi connectivity index (χ4v) is 2.66. The second-order valence-electron chi connectivity index (χ2n) is 7.02. The highest BCUT2D eigenvalue weighted by atomic mass is 16.3. The van der Waals surface area contributed by atoms with E-state index in [0.29, 0.717) is 5.89 Å². The summed E-state index contributed by atoms with van der Waals surface area (Å²) in [7, 11) is 0. The van der Waals surface area contributed by atoms with Crippen LogP contribution in [-0.4, -0.2) is 27.3 Å². The molecule has 23 heavy (non-hydrogen) atoms. The van der Waals surface area contributed by atoms with E-state index in [0.717, 1.165) is 30.7 Å². The number of H-pyrrole nitrogens is 1. The SMILES string of the molecule is CC(C)(C)c1coc(CNC(=O)NC2CCc3cn[nH]c3C2)n1. The molecule has 0 fully saturated rings. The first-order valence-electron chi connectivity index (χ1n) is 7.92. The number of oxazole rings is 1. The molecule has 2 aromatic rings. The van der Waals surface area contributed by atoms with Crippen LogP contribution in [0.15, 0.2) is 16.9 Å². The number of aromatic nitrogens is 3. The zero-order valence-electron chi connectivity index (χ0n) is 13.8. The molecule has 124 valence electrons. The van der Waals surface area contributed by atoms with Crippen LogP contribution in [0, 0.1) is 0 Å². The highest BCUT2D eigenvalue weighted by Crippen LogP contribution is 2.21. The molecule has 0 saturated heterocycles. The van der Waals surface area contributed by atoms with Gasteiger partial charge in [-0.3, -0.25) is 5.10 Å². The topological polar surface area (TPSA) is 95.8 Å². The zero-order valence-corrected chi connectivity index (χ0v) is 13.8. The van der Waals surface area contributed by atoms with Gasteiger partial charge in [-0.15, -0.1) is 0 Å². The Morgan fingerprint density at radius 3 is 3.04 bits per heavy atom. The van der Waals surface area contributed by atoms with E-state index in [4.69, 9.17) is 4.42 Å². The number of nitrogens with one attached hydrogen (secondary N) is 3. The fourth-order valence-electron chi connectivity index (χ4n) is 2.66. The van der Waals surface area contributed by atoms with Crippen molar-refractivity contribution < 1.29 is 9.21 Å². The Kier molecular flexibility index (Phi) is 4.11. The Bertz CT molecular complexity index is 683. The maximum absolute atomic E-state index is 12.0. The molecule has 2 heterocycles. The van der Waals surface area contributed by atoms with Crippen LogP contribution in [0.1, 0.15) is 50.0 Å². The van der Waals surface area contributed by atoms with Crippen molar-refractivity contribution in [3.8, 4) is 0 Å². The van der Waals surface area contributed by atoms with Crippen molar-refractivity contribution in [3.63, 3.8) is 0 Å². The number of nitrogens with zero attached hydrogens (tertiary/aromatic N) is 2. The minimum atomic E-state index is -0.200. The van der Waals surface area contributed by atoms with E-state index in [1.807, 2.05) is 6.20 Å². The van der Waals surface area contributed by atoms with Gasteiger partial charge >= 0.3 is 6.03 Å². The maximum Gasteiger partial charge on any atom is 0.315 e. The van der Waals surface area contributed by atoms with Crippen LogP contribution in [0.25, 0.3) is 0 Å². The number of carbonyl (C=O) groups excluding carboxylic acids is 1. The predicted octanol–water partition coefficient (Wildman–Crippen LogP) is 2.05. The molecule has 1 unspecified atom stereocenters. The molecule has 1 aliphatic rings. The monoisotopic (exact) mass is 317 g/mol. The predicted molar refractivity (Wildman–Crippen MR) is 85.0 cm³/mol. The lowest BCUT2D eigenvalue weighted by Crippen LogP contribution is -2.44. The summed E-state index contributed by atoms with van der Waals surface area (Å²) in [6.07, 6.45) is 6.16. The number of aryl methyl sites for hydroxylation is 1. The molecule has 3 rings (SSSR count). The summed E-state index contributed by atoms with van der Waals surface area (Å²) >= 11 is 0. The van der Waals surface area contributed by atoms with E-state index >= 15 is 0 Å². The second-order valence-corrected chi connectivity index (χ2v) is 7.02. The summed E-state index contributed by atoms with van der Waals surface area (Å²) in [6.45, 7) is 6.49. The fraction of sp³-hybridized carbons (Fsp3) is 0.562. The van der Waals surface area contributed by atoms with E-state index in [1.54, 1.807) is 6.26 Å². The van der Waals surface area contributed by atoms with Gasteiger partial charge in [-0.25, -0.2) is 9.78 Å². The Morgan fingerprint density at radius 1 is 1.48 bits per heavy atom. The van der Waals surface area contributed by atoms with Crippen LogP contribution in [-0.2, 0) is 24.8 Å². The lowest BCUT2D eigenvalue weighted by molar-refractivity contribution is 0.234. The third-order valence-electron chi connectivity index (χ3n) is 4.08. The average Bonchev–Trinajstić information content (AvgIpc) is 3.13. The molecule has 3 N–H and O–H groups in total. The van der Waals surface area contributed by atoms with E-state index in [9.17, 15) is 4.79 Å². The van der Waals surface area contributed by atoms with Crippen LogP contribution in [0.2, 0.25) is 0 Å². The van der Waals surface area contributed by atoms with Gasteiger partial charge in [0.25, 0.3) is 0 Å². The molecule has 0 radical (unpaired) electrons. The van der Waals surface area contributed by atoms with Gasteiger partial charge in [0.15, 0.2) is 0 Å². The molecule has 0 spiro atoms. The molecule has 7 nitrogen and oxygen atoms in total. The minimum absolute atomic E-state index is 0.0616. The van der Waals surface area contributed by atoms with Crippen LogP contribution >= 0.6 is 0 Å². The summed E-state index contributed by atoms with van der Waals surface area (Å²) in [6, 6.07) is -0.0777. The van der Waals surface area contributed by atoms with Crippen molar-refractivity contribution in [2.75, 3.05) is 0 Å². The quantitative estimate of drug-likeness (QED) is 0.807. The number of fused-ring (bicyclic) bond motifs is 1. The van der Waals surface area contributed by atoms with Gasteiger partial charge in [0.1, 0.15) is 6.26 Å². The van der Waals surface area contributed by atoms with Crippen LogP contribution in [0.5, 0.6) is 0 Å². The van der Waals surface area contributed by atoms with Crippen molar-refractivity contribution in [3.05, 3.63) is 35.3 Å². The summed E-state index contributed by atoms with van der Waals surface area (Å²) in [5, 5.41) is 12.8. The van der Waals surface area contributed by atoms with Crippen molar-refractivity contribution >= 4 is 6.03 Å². The molecule has 0 saturated carbocycles. The molecule has 0 aliphatic heterocycles. The van der Waals surface area contributed by atoms with Gasteiger partial charge in [-0.05, 0) is 18.4 Å². The standard InChI is InChI=1S/C16H23N5O2/c1-16(2,3)13-9-23-14(20-13)8-17-15(22)19-11-5-4-10-7-18-21-12(10)6-11/h7,9,11H,4-6,8H2,1-3H3,(H,18,21)(H2,17,19,22). The Balaban J connectivity index is 1.48. The molecular weight excluding hydrogens is 294 g/mol. The van der Waals surface area contributed by atoms with E-state index in [1.165, 1.54) is 5.56 Å². The summed E-state index contributed by atoms with van der Waals surface area (Å²) in [4.78, 5) is 16.4. The number of hydrogen-bond acceptors (Lipinski definition) is 4. The lowest BCUT2D eigenvalue weighted by Gasteiger charge is -2.22. The number of carbonyl (C=O) groups is 1. The summed E-state index contributed by atoms with van der Waals surface area (Å²) in [5.74, 6) is 0.518. The number of amides is 2. The lowest BCUT2D eigenvalue weighted by atomic mass is 9.93. The Labute approximate surface area is 135 Å². The van der Waals surface area contributed by atoms with E-state index in [-0.39, 0.29) is 24.0 Å². The molecule has 2 aromatic heterocycles. The molecule has 2 amide bonds. The van der Waals surface area contributed by atoms with Crippen molar-refractivity contribution in [1.82, 2.24) is 25.8 Å². The first-order chi connectivity index (χ1) is 10.9. The highest BCUT2D eigenvalue weighted by Gasteiger charge is 2.22. The first-order valence-corrected chi connectivity index (χ1v) is 7.92. The van der Waals surface area contributed by atoms with Gasteiger partial charge in [-0.1, -0.05) is 20.8 Å². The first kappa shape index (κ1) is 15.6. The normalized spacial score (nSPS) is 17.6. The molecule has 0 aromatic carbocycles. The van der Waals surface area contributed by atoms with Gasteiger partial charge < -0.3 is 15.1 Å². The van der Waals surface area contributed by atoms with Crippen LogP contribution < -0.4 is 10.6 Å². The van der Waals surface area contributed by atoms with Gasteiger partial charge in [-0.2, -0.15) is 5.10 Å². The average molecular weight is 317 g/mol. The molecule has 1 atom stereocenters.